The topological polar surface area (TPSA) is 64.1 Å². The molecule has 132 valence electrons. The van der Waals surface area contributed by atoms with Gasteiger partial charge >= 0.3 is 0 Å². The third kappa shape index (κ3) is 5.53. The van der Waals surface area contributed by atoms with Gasteiger partial charge in [-0.1, -0.05) is 59.4 Å². The van der Waals surface area contributed by atoms with E-state index in [-0.39, 0.29) is 5.91 Å². The molecule has 1 N–H and O–H groups in total. The number of carbonyl (C=O) groups is 1. The van der Waals surface area contributed by atoms with E-state index in [1.807, 2.05) is 61.5 Å². The van der Waals surface area contributed by atoms with Crippen molar-refractivity contribution in [3.05, 3.63) is 76.8 Å². The van der Waals surface area contributed by atoms with E-state index in [9.17, 15) is 4.79 Å². The fourth-order valence-corrected chi connectivity index (χ4v) is 2.90. The molecular weight excluding hydrogens is 346 g/mol. The van der Waals surface area contributed by atoms with Crippen LogP contribution >= 0.6 is 11.3 Å². The molecule has 0 bridgehead atoms. The fraction of sp³-hybridized carbons (Fsp3) is 0.150. The van der Waals surface area contributed by atoms with Crippen molar-refractivity contribution in [2.45, 2.75) is 13.3 Å². The van der Waals surface area contributed by atoms with Crippen LogP contribution in [0.4, 0.5) is 5.13 Å². The summed E-state index contributed by atoms with van der Waals surface area (Å²) in [4.78, 5) is 12.0. The number of benzene rings is 2. The van der Waals surface area contributed by atoms with Crippen LogP contribution in [0, 0.1) is 6.92 Å². The number of hydrogen-bond acceptors (Lipinski definition) is 5. The zero-order valence-electron chi connectivity index (χ0n) is 14.4. The van der Waals surface area contributed by atoms with Crippen LogP contribution in [0.15, 0.2) is 60.7 Å². The Morgan fingerprint density at radius 3 is 2.65 bits per heavy atom. The Kier molecular flexibility index (Phi) is 6.11. The number of rotatable bonds is 7. The van der Waals surface area contributed by atoms with Gasteiger partial charge in [-0.05, 0) is 30.7 Å². The molecule has 3 aromatic rings. The van der Waals surface area contributed by atoms with Crippen molar-refractivity contribution in [1.29, 1.82) is 0 Å². The first-order valence-electron chi connectivity index (χ1n) is 8.25. The Labute approximate surface area is 156 Å². The monoisotopic (exact) mass is 365 g/mol. The lowest BCUT2D eigenvalue weighted by Crippen LogP contribution is -2.07. The van der Waals surface area contributed by atoms with Gasteiger partial charge in [-0.25, -0.2) is 0 Å². The number of nitrogens with zero attached hydrogens (tertiary/aromatic N) is 2. The molecule has 0 aliphatic heterocycles. The highest BCUT2D eigenvalue weighted by Crippen LogP contribution is 2.16. The van der Waals surface area contributed by atoms with E-state index in [4.69, 9.17) is 4.74 Å². The Balaban J connectivity index is 1.46. The second-order valence-corrected chi connectivity index (χ2v) is 6.71. The van der Waals surface area contributed by atoms with Crippen molar-refractivity contribution in [1.82, 2.24) is 10.2 Å². The zero-order valence-corrected chi connectivity index (χ0v) is 15.2. The average Bonchev–Trinajstić information content (AvgIpc) is 3.09. The maximum Gasteiger partial charge on any atom is 0.250 e. The Bertz CT molecular complexity index is 874. The SMILES string of the molecule is Cc1ccc(/C=C/C(=O)Nc2nnc(CCOc3ccccc3)s2)cc1. The maximum absolute atomic E-state index is 12.0. The number of carbonyl (C=O) groups excluding carboxylic acids is 1. The van der Waals surface area contributed by atoms with Crippen molar-refractivity contribution >= 4 is 28.5 Å². The smallest absolute Gasteiger partial charge is 0.250 e. The summed E-state index contributed by atoms with van der Waals surface area (Å²) in [6, 6.07) is 17.6. The fourth-order valence-electron chi connectivity index (χ4n) is 2.17. The summed E-state index contributed by atoms with van der Waals surface area (Å²) in [6.07, 6.45) is 3.90. The van der Waals surface area contributed by atoms with Gasteiger partial charge in [-0.2, -0.15) is 0 Å². The van der Waals surface area contributed by atoms with Crippen LogP contribution in [0.2, 0.25) is 0 Å². The van der Waals surface area contributed by atoms with Crippen LogP contribution in [0.5, 0.6) is 5.75 Å². The first-order valence-corrected chi connectivity index (χ1v) is 9.07. The number of anilines is 1. The van der Waals surface area contributed by atoms with Crippen molar-refractivity contribution in [3.63, 3.8) is 0 Å². The third-order valence-electron chi connectivity index (χ3n) is 3.53. The van der Waals surface area contributed by atoms with Gasteiger partial charge in [0.2, 0.25) is 11.0 Å². The van der Waals surface area contributed by atoms with Crippen molar-refractivity contribution in [2.24, 2.45) is 0 Å². The molecular formula is C20H19N3O2S. The number of ether oxygens (including phenoxy) is 1. The molecule has 0 saturated carbocycles. The molecule has 1 amide bonds. The minimum atomic E-state index is -0.228. The molecule has 0 aliphatic carbocycles. The highest BCUT2D eigenvalue weighted by Gasteiger charge is 2.06. The molecule has 6 heteroatoms. The van der Waals surface area contributed by atoms with Crippen LogP contribution in [-0.2, 0) is 11.2 Å². The van der Waals surface area contributed by atoms with Gasteiger partial charge < -0.3 is 4.74 Å². The first-order chi connectivity index (χ1) is 12.7. The lowest BCUT2D eigenvalue weighted by molar-refractivity contribution is -0.111. The molecule has 26 heavy (non-hydrogen) atoms. The molecule has 2 aromatic carbocycles. The lowest BCUT2D eigenvalue weighted by Gasteiger charge is -2.03. The number of aryl methyl sites for hydroxylation is 1. The first kappa shape index (κ1) is 17.8. The molecule has 0 atom stereocenters. The molecule has 0 fully saturated rings. The zero-order chi connectivity index (χ0) is 18.2. The summed E-state index contributed by atoms with van der Waals surface area (Å²) in [5.74, 6) is 0.598. The van der Waals surface area contributed by atoms with Crippen LogP contribution in [-0.4, -0.2) is 22.7 Å². The van der Waals surface area contributed by atoms with E-state index in [1.165, 1.54) is 23.0 Å². The second-order valence-electron chi connectivity index (χ2n) is 5.65. The number of amides is 1. The summed E-state index contributed by atoms with van der Waals surface area (Å²) in [6.45, 7) is 2.54. The van der Waals surface area contributed by atoms with Gasteiger partial charge in [0.25, 0.3) is 0 Å². The maximum atomic E-state index is 12.0. The van der Waals surface area contributed by atoms with Crippen LogP contribution in [0.25, 0.3) is 6.08 Å². The van der Waals surface area contributed by atoms with Crippen LogP contribution < -0.4 is 10.1 Å². The Morgan fingerprint density at radius 2 is 1.88 bits per heavy atom. The minimum absolute atomic E-state index is 0.228. The number of nitrogens with one attached hydrogen (secondary N) is 1. The van der Waals surface area contributed by atoms with Gasteiger partial charge in [-0.15, -0.1) is 10.2 Å². The molecule has 0 unspecified atom stereocenters. The number of aromatic nitrogens is 2. The number of para-hydroxylation sites is 1. The van der Waals surface area contributed by atoms with E-state index in [0.717, 1.165) is 16.3 Å². The van der Waals surface area contributed by atoms with E-state index in [1.54, 1.807) is 6.08 Å². The van der Waals surface area contributed by atoms with Crippen molar-refractivity contribution in [3.8, 4) is 5.75 Å². The molecule has 3 rings (SSSR count). The van der Waals surface area contributed by atoms with E-state index in [2.05, 4.69) is 15.5 Å². The predicted octanol–water partition coefficient (Wildman–Crippen LogP) is 4.12. The highest BCUT2D eigenvalue weighted by molar-refractivity contribution is 7.15. The molecule has 0 spiro atoms. The van der Waals surface area contributed by atoms with Crippen LogP contribution in [0.3, 0.4) is 0 Å². The summed E-state index contributed by atoms with van der Waals surface area (Å²) >= 11 is 1.35. The molecule has 0 saturated heterocycles. The van der Waals surface area contributed by atoms with E-state index < -0.39 is 0 Å². The standard InChI is InChI=1S/C20H19N3O2S/c1-15-7-9-16(10-8-15)11-12-18(24)21-20-23-22-19(26-20)13-14-25-17-5-3-2-4-6-17/h2-12H,13-14H2,1H3,(H,21,23,24)/b12-11+. The molecule has 1 heterocycles. The Morgan fingerprint density at radius 1 is 1.12 bits per heavy atom. The van der Waals surface area contributed by atoms with Gasteiger partial charge in [0, 0.05) is 12.5 Å². The van der Waals surface area contributed by atoms with E-state index >= 15 is 0 Å². The highest BCUT2D eigenvalue weighted by atomic mass is 32.1. The van der Waals surface area contributed by atoms with Gasteiger partial charge in [0.15, 0.2) is 0 Å². The normalized spacial score (nSPS) is 10.8. The van der Waals surface area contributed by atoms with E-state index in [0.29, 0.717) is 18.2 Å². The summed E-state index contributed by atoms with van der Waals surface area (Å²) in [5, 5.41) is 12.1. The molecule has 1 aromatic heterocycles. The molecule has 0 aliphatic rings. The summed E-state index contributed by atoms with van der Waals surface area (Å²) in [5.41, 5.74) is 2.16. The summed E-state index contributed by atoms with van der Waals surface area (Å²) < 4.78 is 5.64. The average molecular weight is 365 g/mol. The Hall–Kier alpha value is -2.99. The predicted molar refractivity (Wildman–Crippen MR) is 104 cm³/mol. The molecule has 0 radical (unpaired) electrons. The van der Waals surface area contributed by atoms with Gasteiger partial charge in [0.1, 0.15) is 10.8 Å². The van der Waals surface area contributed by atoms with Crippen LogP contribution in [0.1, 0.15) is 16.1 Å². The van der Waals surface area contributed by atoms with Gasteiger partial charge in [0.05, 0.1) is 6.61 Å². The number of hydrogen-bond donors (Lipinski definition) is 1. The van der Waals surface area contributed by atoms with Gasteiger partial charge in [-0.3, -0.25) is 10.1 Å². The third-order valence-corrected chi connectivity index (χ3v) is 4.43. The largest absolute Gasteiger partial charge is 0.493 e. The molecule has 5 nitrogen and oxygen atoms in total. The second kappa shape index (κ2) is 8.92. The van der Waals surface area contributed by atoms with Crippen molar-refractivity contribution < 1.29 is 9.53 Å². The lowest BCUT2D eigenvalue weighted by atomic mass is 10.1. The van der Waals surface area contributed by atoms with Crippen molar-refractivity contribution in [2.75, 3.05) is 11.9 Å². The minimum Gasteiger partial charge on any atom is -0.493 e. The summed E-state index contributed by atoms with van der Waals surface area (Å²) in [7, 11) is 0. The quantitative estimate of drug-likeness (QED) is 0.640.